The molecule has 0 aliphatic heterocycles. The first-order valence-electron chi connectivity index (χ1n) is 5.75. The second-order valence-corrected chi connectivity index (χ2v) is 4.23. The molecule has 0 unspecified atom stereocenters. The molecule has 4 heteroatoms. The smallest absolute Gasteiger partial charge is 0.224 e. The Bertz CT molecular complexity index is 491. The average molecular weight is 264 g/mol. The van der Waals surface area contributed by atoms with Crippen LogP contribution in [0.1, 0.15) is 17.7 Å². The van der Waals surface area contributed by atoms with E-state index in [4.69, 9.17) is 16.0 Å². The summed E-state index contributed by atoms with van der Waals surface area (Å²) in [6.45, 7) is 0. The third kappa shape index (κ3) is 3.64. The van der Waals surface area contributed by atoms with Crippen LogP contribution >= 0.6 is 11.6 Å². The van der Waals surface area contributed by atoms with Crippen molar-refractivity contribution < 1.29 is 9.21 Å². The van der Waals surface area contributed by atoms with Crippen LogP contribution in [0, 0.1) is 0 Å². The van der Waals surface area contributed by atoms with Crippen LogP contribution in [-0.4, -0.2) is 5.91 Å². The third-order valence-electron chi connectivity index (χ3n) is 2.57. The van der Waals surface area contributed by atoms with Crippen molar-refractivity contribution in [3.8, 4) is 0 Å². The molecule has 2 aromatic rings. The molecule has 1 aromatic heterocycles. The Labute approximate surface area is 111 Å². The summed E-state index contributed by atoms with van der Waals surface area (Å²) in [6, 6.07) is 11.2. The molecule has 0 aliphatic carbocycles. The van der Waals surface area contributed by atoms with Gasteiger partial charge in [-0.05, 0) is 29.8 Å². The first-order valence-corrected chi connectivity index (χ1v) is 6.28. The van der Waals surface area contributed by atoms with E-state index in [1.807, 2.05) is 36.4 Å². The fraction of sp³-hybridized carbons (Fsp3) is 0.214. The summed E-state index contributed by atoms with van der Waals surface area (Å²) in [6.07, 6.45) is 2.63. The second kappa shape index (κ2) is 6.26. The molecular formula is C14H14ClNO2. The van der Waals surface area contributed by atoms with Crippen molar-refractivity contribution in [3.05, 3.63) is 54.0 Å². The number of hydrogen-bond acceptors (Lipinski definition) is 2. The quantitative estimate of drug-likeness (QED) is 0.838. The molecule has 0 spiro atoms. The number of benzene rings is 1. The highest BCUT2D eigenvalue weighted by atomic mass is 35.5. The van der Waals surface area contributed by atoms with E-state index in [1.54, 1.807) is 6.26 Å². The minimum Gasteiger partial charge on any atom is -0.469 e. The summed E-state index contributed by atoms with van der Waals surface area (Å²) in [4.78, 5) is 11.7. The Morgan fingerprint density at radius 3 is 2.61 bits per heavy atom. The van der Waals surface area contributed by atoms with Gasteiger partial charge in [0.05, 0.1) is 6.26 Å². The van der Waals surface area contributed by atoms with Crippen LogP contribution in [0.25, 0.3) is 0 Å². The lowest BCUT2D eigenvalue weighted by molar-refractivity contribution is -0.116. The predicted octanol–water partition coefficient (Wildman–Crippen LogP) is 3.59. The summed E-state index contributed by atoms with van der Waals surface area (Å²) in [7, 11) is 0. The number of carbonyl (C=O) groups excluding carboxylic acids is 1. The van der Waals surface area contributed by atoms with Gasteiger partial charge >= 0.3 is 0 Å². The molecule has 2 rings (SSSR count). The molecular weight excluding hydrogens is 250 g/mol. The standard InChI is InChI=1S/C14H14ClNO2/c15-10-11-3-5-12(6-4-11)16-14(17)8-7-13-2-1-9-18-13/h1-6,9H,7-8,10H2,(H,16,17). The molecule has 3 nitrogen and oxygen atoms in total. The molecule has 0 saturated carbocycles. The summed E-state index contributed by atoms with van der Waals surface area (Å²) in [5.41, 5.74) is 1.82. The number of amides is 1. The van der Waals surface area contributed by atoms with E-state index in [1.165, 1.54) is 0 Å². The Kier molecular flexibility index (Phi) is 4.42. The van der Waals surface area contributed by atoms with Crippen LogP contribution in [0.15, 0.2) is 47.1 Å². The molecule has 0 bridgehead atoms. The number of nitrogens with one attached hydrogen (secondary N) is 1. The van der Waals surface area contributed by atoms with Crippen LogP contribution in [0.4, 0.5) is 5.69 Å². The minimum atomic E-state index is -0.0231. The van der Waals surface area contributed by atoms with Gasteiger partial charge in [0.15, 0.2) is 0 Å². The number of carbonyl (C=O) groups is 1. The van der Waals surface area contributed by atoms with Crippen LogP contribution < -0.4 is 5.32 Å². The highest BCUT2D eigenvalue weighted by Crippen LogP contribution is 2.12. The van der Waals surface area contributed by atoms with Crippen LogP contribution in [-0.2, 0) is 17.1 Å². The SMILES string of the molecule is O=C(CCc1ccco1)Nc1ccc(CCl)cc1. The van der Waals surface area contributed by atoms with E-state index in [-0.39, 0.29) is 5.91 Å². The molecule has 0 radical (unpaired) electrons. The molecule has 1 N–H and O–H groups in total. The van der Waals surface area contributed by atoms with Gasteiger partial charge in [0.1, 0.15) is 5.76 Å². The van der Waals surface area contributed by atoms with Gasteiger partial charge in [-0.3, -0.25) is 4.79 Å². The number of hydrogen-bond donors (Lipinski definition) is 1. The molecule has 0 fully saturated rings. The van der Waals surface area contributed by atoms with E-state index >= 15 is 0 Å². The third-order valence-corrected chi connectivity index (χ3v) is 2.88. The van der Waals surface area contributed by atoms with Crippen LogP contribution in [0.3, 0.4) is 0 Å². The topological polar surface area (TPSA) is 42.2 Å². The highest BCUT2D eigenvalue weighted by molar-refractivity contribution is 6.17. The van der Waals surface area contributed by atoms with E-state index in [0.717, 1.165) is 17.0 Å². The van der Waals surface area contributed by atoms with Crippen molar-refractivity contribution in [2.45, 2.75) is 18.7 Å². The fourth-order valence-corrected chi connectivity index (χ4v) is 1.77. The van der Waals surface area contributed by atoms with Gasteiger partial charge in [0.25, 0.3) is 0 Å². The predicted molar refractivity (Wildman–Crippen MR) is 71.7 cm³/mol. The van der Waals surface area contributed by atoms with E-state index < -0.39 is 0 Å². The lowest BCUT2D eigenvalue weighted by atomic mass is 10.2. The second-order valence-electron chi connectivity index (χ2n) is 3.96. The zero-order valence-corrected chi connectivity index (χ0v) is 10.6. The first-order chi connectivity index (χ1) is 8.78. The molecule has 0 saturated heterocycles. The summed E-state index contributed by atoms with van der Waals surface area (Å²) < 4.78 is 5.17. The maximum Gasteiger partial charge on any atom is 0.224 e. The van der Waals surface area contributed by atoms with Gasteiger partial charge in [-0.2, -0.15) is 0 Å². The number of anilines is 1. The van der Waals surface area contributed by atoms with Crippen molar-refractivity contribution in [2.24, 2.45) is 0 Å². The van der Waals surface area contributed by atoms with Gasteiger partial charge in [-0.1, -0.05) is 12.1 Å². The van der Waals surface area contributed by atoms with Crippen LogP contribution in [0.2, 0.25) is 0 Å². The highest BCUT2D eigenvalue weighted by Gasteiger charge is 2.04. The van der Waals surface area contributed by atoms with Gasteiger partial charge < -0.3 is 9.73 Å². The molecule has 0 aliphatic rings. The average Bonchev–Trinajstić information content (AvgIpc) is 2.90. The summed E-state index contributed by atoms with van der Waals surface area (Å²) in [5, 5.41) is 2.83. The number of furan rings is 1. The van der Waals surface area contributed by atoms with E-state index in [0.29, 0.717) is 18.7 Å². The minimum absolute atomic E-state index is 0.0231. The van der Waals surface area contributed by atoms with Gasteiger partial charge in [0.2, 0.25) is 5.91 Å². The number of alkyl halides is 1. The van der Waals surface area contributed by atoms with Crippen molar-refractivity contribution in [3.63, 3.8) is 0 Å². The van der Waals surface area contributed by atoms with Crippen molar-refractivity contribution >= 4 is 23.2 Å². The van der Waals surface area contributed by atoms with E-state index in [2.05, 4.69) is 5.32 Å². The largest absolute Gasteiger partial charge is 0.469 e. The van der Waals surface area contributed by atoms with Crippen LogP contribution in [0.5, 0.6) is 0 Å². The molecule has 0 atom stereocenters. The van der Waals surface area contributed by atoms with Gasteiger partial charge in [-0.25, -0.2) is 0 Å². The molecule has 18 heavy (non-hydrogen) atoms. The number of halogens is 1. The first kappa shape index (κ1) is 12.7. The normalized spacial score (nSPS) is 10.3. The van der Waals surface area contributed by atoms with Gasteiger partial charge in [0, 0.05) is 24.4 Å². The number of rotatable bonds is 5. The number of aryl methyl sites for hydroxylation is 1. The molecule has 1 aromatic carbocycles. The Morgan fingerprint density at radius 1 is 1.22 bits per heavy atom. The summed E-state index contributed by atoms with van der Waals surface area (Å²) >= 11 is 5.69. The Hall–Kier alpha value is -1.74. The summed E-state index contributed by atoms with van der Waals surface area (Å²) in [5.74, 6) is 1.28. The molecule has 94 valence electrons. The lowest BCUT2D eigenvalue weighted by Gasteiger charge is -2.05. The zero-order chi connectivity index (χ0) is 12.8. The maximum absolute atomic E-state index is 11.7. The van der Waals surface area contributed by atoms with E-state index in [9.17, 15) is 4.79 Å². The monoisotopic (exact) mass is 263 g/mol. The molecule has 1 amide bonds. The zero-order valence-electron chi connectivity index (χ0n) is 9.86. The van der Waals surface area contributed by atoms with Crippen molar-refractivity contribution in [1.82, 2.24) is 0 Å². The maximum atomic E-state index is 11.7. The fourth-order valence-electron chi connectivity index (χ4n) is 1.59. The molecule has 1 heterocycles. The Balaban J connectivity index is 1.83. The Morgan fingerprint density at radius 2 is 2.00 bits per heavy atom. The van der Waals surface area contributed by atoms with Crippen molar-refractivity contribution in [1.29, 1.82) is 0 Å². The van der Waals surface area contributed by atoms with Crippen molar-refractivity contribution in [2.75, 3.05) is 5.32 Å². The lowest BCUT2D eigenvalue weighted by Crippen LogP contribution is -2.12. The van der Waals surface area contributed by atoms with Gasteiger partial charge in [-0.15, -0.1) is 11.6 Å².